The van der Waals surface area contributed by atoms with E-state index in [1.807, 2.05) is 0 Å². The number of esters is 2. The van der Waals surface area contributed by atoms with Crippen LogP contribution in [0.15, 0.2) is 121 Å². The van der Waals surface area contributed by atoms with E-state index >= 15 is 0 Å². The molecule has 17 heteroatoms. The molecule has 0 radical (unpaired) electrons. The Hall–Kier alpha value is -7.56. The minimum atomic E-state index is -1.58. The fraction of sp³-hybridized carbons (Fsp3) is 0.273. The molecule has 61 heavy (non-hydrogen) atoms. The molecule has 0 fully saturated rings. The first-order chi connectivity index (χ1) is 29.4. The highest BCUT2D eigenvalue weighted by atomic mass is 16.6. The molecular formula is C44H46N4O13. The van der Waals surface area contributed by atoms with E-state index in [1.165, 1.54) is 0 Å². The second-order valence-electron chi connectivity index (χ2n) is 13.6. The summed E-state index contributed by atoms with van der Waals surface area (Å²) in [4.78, 5) is 103. The third kappa shape index (κ3) is 17.1. The van der Waals surface area contributed by atoms with Crippen LogP contribution in [0.5, 0.6) is 0 Å². The van der Waals surface area contributed by atoms with Crippen molar-refractivity contribution in [2.24, 2.45) is 0 Å². The second kappa shape index (κ2) is 24.4. The van der Waals surface area contributed by atoms with Crippen LogP contribution in [0.1, 0.15) is 47.9 Å². The molecule has 4 amide bonds. The Morgan fingerprint density at radius 3 is 1.05 bits per heavy atom. The molecule has 0 aromatic heterocycles. The van der Waals surface area contributed by atoms with Crippen LogP contribution in [0, 0.1) is 0 Å². The molecule has 0 aliphatic heterocycles. The van der Waals surface area contributed by atoms with Crippen molar-refractivity contribution in [3.05, 3.63) is 144 Å². The average molecular weight is 839 g/mol. The fourth-order valence-corrected chi connectivity index (χ4v) is 5.76. The molecule has 4 atom stereocenters. The van der Waals surface area contributed by atoms with Gasteiger partial charge in [0, 0.05) is 25.7 Å². The van der Waals surface area contributed by atoms with Gasteiger partial charge in [0.2, 0.25) is 11.8 Å². The number of rotatable bonds is 22. The maximum Gasteiger partial charge on any atom is 0.408 e. The van der Waals surface area contributed by atoms with Crippen molar-refractivity contribution in [3.8, 4) is 0 Å². The zero-order chi connectivity index (χ0) is 44.0. The molecule has 4 aromatic rings. The normalized spacial score (nSPS) is 12.5. The number of benzene rings is 4. The molecule has 0 aliphatic carbocycles. The summed E-state index contributed by atoms with van der Waals surface area (Å²) in [5.41, 5.74) is 2.34. The van der Waals surface area contributed by atoms with Crippen molar-refractivity contribution in [2.75, 3.05) is 0 Å². The SMILES string of the molecule is O=C(O)CC[C@H](NC(=O)OCc1ccccc1)C(=O)N[C@@H](Cc1ccccc1)C(=O)OC(=O)[C@H](Cc1ccccc1)NC(=O)[C@H](CCC(=O)O)NC(=O)OCc1ccccc1. The first-order valence-corrected chi connectivity index (χ1v) is 19.2. The molecule has 6 N–H and O–H groups in total. The highest BCUT2D eigenvalue weighted by molar-refractivity contribution is 5.97. The molecule has 0 unspecified atom stereocenters. The first kappa shape index (κ1) is 46.1. The molecule has 0 aliphatic rings. The zero-order valence-electron chi connectivity index (χ0n) is 32.9. The minimum Gasteiger partial charge on any atom is -0.481 e. The van der Waals surface area contributed by atoms with Crippen molar-refractivity contribution in [1.82, 2.24) is 21.3 Å². The van der Waals surface area contributed by atoms with E-state index in [9.17, 15) is 48.6 Å². The number of aliphatic carboxylic acids is 2. The topological polar surface area (TPSA) is 253 Å². The van der Waals surface area contributed by atoms with Gasteiger partial charge in [0.05, 0.1) is 0 Å². The maximum absolute atomic E-state index is 13.8. The van der Waals surface area contributed by atoms with E-state index in [0.717, 1.165) is 0 Å². The van der Waals surface area contributed by atoms with Crippen LogP contribution in [0.25, 0.3) is 0 Å². The van der Waals surface area contributed by atoms with Crippen molar-refractivity contribution in [2.45, 2.75) is 75.9 Å². The summed E-state index contributed by atoms with van der Waals surface area (Å²) in [6.45, 7) is -0.305. The smallest absolute Gasteiger partial charge is 0.408 e. The van der Waals surface area contributed by atoms with Crippen LogP contribution >= 0.6 is 0 Å². The molecule has 4 aromatic carbocycles. The Labute approximate surface area is 350 Å². The summed E-state index contributed by atoms with van der Waals surface area (Å²) in [5, 5.41) is 28.3. The van der Waals surface area contributed by atoms with Gasteiger partial charge in [0.15, 0.2) is 0 Å². The minimum absolute atomic E-state index is 0.152. The van der Waals surface area contributed by atoms with Crippen LogP contribution in [0.4, 0.5) is 9.59 Å². The molecule has 4 rings (SSSR count). The summed E-state index contributed by atoms with van der Waals surface area (Å²) in [7, 11) is 0. The highest BCUT2D eigenvalue weighted by Crippen LogP contribution is 2.12. The van der Waals surface area contributed by atoms with Crippen LogP contribution in [0.2, 0.25) is 0 Å². The van der Waals surface area contributed by atoms with E-state index in [2.05, 4.69) is 21.3 Å². The van der Waals surface area contributed by atoms with Crippen molar-refractivity contribution < 1.29 is 62.8 Å². The number of carbonyl (C=O) groups excluding carboxylic acids is 6. The summed E-state index contributed by atoms with van der Waals surface area (Å²) < 4.78 is 15.7. The Bertz CT molecular complexity index is 1940. The lowest BCUT2D eigenvalue weighted by Gasteiger charge is -2.24. The van der Waals surface area contributed by atoms with Gasteiger partial charge in [-0.3, -0.25) is 19.2 Å². The molecule has 0 saturated carbocycles. The Morgan fingerprint density at radius 2 is 0.738 bits per heavy atom. The number of amides is 4. The standard InChI is InChI=1S/C44H46N4O13/c49-37(50)23-21-33(47-43(57)59-27-31-17-9-3-10-18-31)39(53)45-35(25-29-13-5-1-6-14-29)41(55)61-42(56)36(26-30-15-7-2-8-16-30)46-40(54)34(22-24-38(51)52)48-44(58)60-28-32-19-11-4-12-20-32/h1-20,33-36H,21-28H2,(H,45,53)(H,46,54)(H,47,57)(H,48,58)(H,49,50)(H,51,52)/t33-,34-,35-,36-/m0/s1. The lowest BCUT2D eigenvalue weighted by atomic mass is 10.0. The van der Waals surface area contributed by atoms with E-state index in [1.54, 1.807) is 121 Å². The Morgan fingerprint density at radius 1 is 0.426 bits per heavy atom. The lowest BCUT2D eigenvalue weighted by Crippen LogP contribution is -2.55. The fourth-order valence-electron chi connectivity index (χ4n) is 5.76. The number of ether oxygens (including phenoxy) is 3. The molecule has 17 nitrogen and oxygen atoms in total. The van der Waals surface area contributed by atoms with E-state index in [-0.39, 0.29) is 26.1 Å². The molecule has 0 heterocycles. The van der Waals surface area contributed by atoms with Gasteiger partial charge in [-0.15, -0.1) is 0 Å². The van der Waals surface area contributed by atoms with Gasteiger partial charge in [0.25, 0.3) is 0 Å². The number of alkyl carbamates (subject to hydrolysis) is 2. The number of carboxylic acids is 2. The summed E-state index contributed by atoms with van der Waals surface area (Å²) >= 11 is 0. The van der Waals surface area contributed by atoms with Gasteiger partial charge in [-0.25, -0.2) is 19.2 Å². The summed E-state index contributed by atoms with van der Waals surface area (Å²) in [5.74, 6) is -7.02. The molecular weight excluding hydrogens is 792 g/mol. The Kier molecular flexibility index (Phi) is 18.4. The lowest BCUT2D eigenvalue weighted by molar-refractivity contribution is -0.164. The van der Waals surface area contributed by atoms with Crippen molar-refractivity contribution in [3.63, 3.8) is 0 Å². The maximum atomic E-state index is 13.8. The van der Waals surface area contributed by atoms with Gasteiger partial charge in [-0.05, 0) is 35.1 Å². The monoisotopic (exact) mass is 838 g/mol. The molecule has 0 saturated heterocycles. The van der Waals surface area contributed by atoms with Gasteiger partial charge in [0.1, 0.15) is 37.4 Å². The van der Waals surface area contributed by atoms with Crippen LogP contribution in [-0.4, -0.2) is 82.3 Å². The third-order valence-electron chi connectivity index (χ3n) is 8.90. The molecule has 0 spiro atoms. The quantitative estimate of drug-likeness (QED) is 0.0375. The van der Waals surface area contributed by atoms with Crippen LogP contribution < -0.4 is 21.3 Å². The number of carboxylic acid groups (broad SMARTS) is 2. The largest absolute Gasteiger partial charge is 0.481 e. The van der Waals surface area contributed by atoms with E-state index in [0.29, 0.717) is 22.3 Å². The predicted molar refractivity (Wildman–Crippen MR) is 216 cm³/mol. The van der Waals surface area contributed by atoms with Crippen molar-refractivity contribution >= 4 is 47.9 Å². The summed E-state index contributed by atoms with van der Waals surface area (Å²) in [6, 6.07) is 27.8. The van der Waals surface area contributed by atoms with E-state index in [4.69, 9.17) is 14.2 Å². The van der Waals surface area contributed by atoms with E-state index < -0.39 is 97.7 Å². The predicted octanol–water partition coefficient (Wildman–Crippen LogP) is 3.83. The van der Waals surface area contributed by atoms with Crippen LogP contribution in [0.3, 0.4) is 0 Å². The van der Waals surface area contributed by atoms with Gasteiger partial charge in [-0.2, -0.15) is 0 Å². The number of hydrogen-bond acceptors (Lipinski definition) is 11. The third-order valence-corrected chi connectivity index (χ3v) is 8.90. The zero-order valence-corrected chi connectivity index (χ0v) is 32.9. The number of hydrogen-bond donors (Lipinski definition) is 6. The first-order valence-electron chi connectivity index (χ1n) is 19.2. The van der Waals surface area contributed by atoms with Gasteiger partial charge in [-0.1, -0.05) is 121 Å². The van der Waals surface area contributed by atoms with Crippen LogP contribution in [-0.2, 0) is 69.0 Å². The van der Waals surface area contributed by atoms with Gasteiger partial charge >= 0.3 is 36.1 Å². The molecule has 0 bridgehead atoms. The van der Waals surface area contributed by atoms with Crippen molar-refractivity contribution in [1.29, 1.82) is 0 Å². The number of nitrogens with one attached hydrogen (secondary N) is 4. The second-order valence-corrected chi connectivity index (χ2v) is 13.6. The molecule has 320 valence electrons. The summed E-state index contributed by atoms with van der Waals surface area (Å²) in [6.07, 6.45) is -4.38. The average Bonchev–Trinajstić information content (AvgIpc) is 3.25. The van der Waals surface area contributed by atoms with Gasteiger partial charge < -0.3 is 45.7 Å². The Balaban J connectivity index is 1.52. The highest BCUT2D eigenvalue weighted by Gasteiger charge is 2.34. The number of carbonyl (C=O) groups is 8.